The second kappa shape index (κ2) is 15.1. The van der Waals surface area contributed by atoms with Crippen LogP contribution in [0.3, 0.4) is 0 Å². The molecular weight excluding hydrogens is 851 g/mol. The lowest BCUT2D eigenvalue weighted by Crippen LogP contribution is -2.09. The number of hydrogen-bond acceptors (Lipinski definition) is 2. The minimum Gasteiger partial charge on any atom is -0.456 e. The molecule has 0 bridgehead atoms. The van der Waals surface area contributed by atoms with Crippen LogP contribution in [0.25, 0.3) is 121 Å². The van der Waals surface area contributed by atoms with E-state index in [1.807, 2.05) is 0 Å². The highest BCUT2D eigenvalue weighted by Crippen LogP contribution is 2.44. The standard InChI is InChI=1S/C66H41N3O/c1-3-12-42(13-4-1)43-22-29-49(30-23-43)67(50-31-24-44(25-32-50)45-27-36-62-58(38-45)53-17-8-9-20-60(53)68(62)48-14-5-2-6-15-48)51-33-35-55-54-34-26-47(40-64(54)70-65(55)41-51)46-28-37-63-59(39-46)57-19-11-18-56-52-16-7-10-21-61(52)69(63)66(56)57/h1-41H. The van der Waals surface area contributed by atoms with Crippen molar-refractivity contribution in [3.63, 3.8) is 0 Å². The summed E-state index contributed by atoms with van der Waals surface area (Å²) in [6, 6.07) is 90.2. The number of aromatic nitrogens is 2. The predicted molar refractivity (Wildman–Crippen MR) is 294 cm³/mol. The number of rotatable bonds is 7. The van der Waals surface area contributed by atoms with Crippen LogP contribution in [0.4, 0.5) is 17.1 Å². The van der Waals surface area contributed by atoms with Crippen LogP contribution < -0.4 is 4.90 Å². The van der Waals surface area contributed by atoms with E-state index in [-0.39, 0.29) is 0 Å². The Morgan fingerprint density at radius 2 is 0.714 bits per heavy atom. The summed E-state index contributed by atoms with van der Waals surface area (Å²) >= 11 is 0. The zero-order chi connectivity index (χ0) is 45.9. The smallest absolute Gasteiger partial charge is 0.137 e. The van der Waals surface area contributed by atoms with E-state index in [0.29, 0.717) is 0 Å². The topological polar surface area (TPSA) is 25.7 Å². The summed E-state index contributed by atoms with van der Waals surface area (Å²) in [7, 11) is 0. The van der Waals surface area contributed by atoms with Gasteiger partial charge in [-0.05, 0) is 130 Å². The van der Waals surface area contributed by atoms with Crippen molar-refractivity contribution >= 4 is 98.9 Å². The Morgan fingerprint density at radius 3 is 1.44 bits per heavy atom. The van der Waals surface area contributed by atoms with Crippen LogP contribution in [0.15, 0.2) is 253 Å². The molecule has 0 spiro atoms. The van der Waals surface area contributed by atoms with Gasteiger partial charge in [0, 0.05) is 71.9 Å². The Kier molecular flexibility index (Phi) is 8.33. The van der Waals surface area contributed by atoms with Crippen LogP contribution in [0, 0.1) is 0 Å². The first-order valence-electron chi connectivity index (χ1n) is 24.0. The van der Waals surface area contributed by atoms with Crippen LogP contribution in [0.5, 0.6) is 0 Å². The van der Waals surface area contributed by atoms with Crippen LogP contribution in [-0.4, -0.2) is 8.97 Å². The molecule has 4 nitrogen and oxygen atoms in total. The molecule has 0 aliphatic heterocycles. The summed E-state index contributed by atoms with van der Waals surface area (Å²) in [5.74, 6) is 0. The van der Waals surface area contributed by atoms with Gasteiger partial charge in [-0.2, -0.15) is 0 Å². The molecular formula is C66H41N3O. The summed E-state index contributed by atoms with van der Waals surface area (Å²) in [5, 5.41) is 9.81. The molecule has 0 unspecified atom stereocenters. The molecule has 11 aromatic carbocycles. The van der Waals surface area contributed by atoms with Crippen molar-refractivity contribution in [2.45, 2.75) is 0 Å². The largest absolute Gasteiger partial charge is 0.456 e. The van der Waals surface area contributed by atoms with Gasteiger partial charge in [-0.15, -0.1) is 0 Å². The second-order valence-corrected chi connectivity index (χ2v) is 18.5. The molecule has 0 radical (unpaired) electrons. The minimum absolute atomic E-state index is 0.849. The van der Waals surface area contributed by atoms with Crippen molar-refractivity contribution < 1.29 is 4.42 Å². The van der Waals surface area contributed by atoms with Gasteiger partial charge >= 0.3 is 0 Å². The zero-order valence-electron chi connectivity index (χ0n) is 37.9. The van der Waals surface area contributed by atoms with Crippen molar-refractivity contribution in [3.05, 3.63) is 249 Å². The van der Waals surface area contributed by atoms with Crippen LogP contribution in [-0.2, 0) is 0 Å². The minimum atomic E-state index is 0.849. The normalized spacial score (nSPS) is 12.0. The van der Waals surface area contributed by atoms with Gasteiger partial charge in [0.1, 0.15) is 11.2 Å². The van der Waals surface area contributed by atoms with Crippen molar-refractivity contribution in [2.24, 2.45) is 0 Å². The summed E-state index contributed by atoms with van der Waals surface area (Å²) < 4.78 is 11.6. The fourth-order valence-electron chi connectivity index (χ4n) is 11.4. The third-order valence-electron chi connectivity index (χ3n) is 14.6. The maximum Gasteiger partial charge on any atom is 0.137 e. The first-order valence-corrected chi connectivity index (χ1v) is 24.0. The summed E-state index contributed by atoms with van der Waals surface area (Å²) in [6.07, 6.45) is 0. The van der Waals surface area contributed by atoms with E-state index < -0.39 is 0 Å². The van der Waals surface area contributed by atoms with Crippen molar-refractivity contribution in [1.82, 2.24) is 8.97 Å². The van der Waals surface area contributed by atoms with Gasteiger partial charge in [-0.25, -0.2) is 0 Å². The quantitative estimate of drug-likeness (QED) is 0.159. The maximum absolute atomic E-state index is 6.82. The van der Waals surface area contributed by atoms with E-state index in [0.717, 1.165) is 55.8 Å². The number of fused-ring (bicyclic) bond motifs is 12. The molecule has 0 aliphatic rings. The SMILES string of the molecule is c1ccc(-c2ccc(N(c3ccc(-c4ccc5c(c4)c4ccccc4n5-c4ccccc4)cc3)c3ccc4c(c3)oc3cc(-c5ccc6c(c5)c5cccc7c8ccccc8n6c75)ccc34)cc2)cc1. The molecule has 0 atom stereocenters. The van der Waals surface area contributed by atoms with Crippen molar-refractivity contribution in [1.29, 1.82) is 0 Å². The molecule has 15 aromatic rings. The summed E-state index contributed by atoms with van der Waals surface area (Å²) in [5.41, 5.74) is 19.2. The number of furan rings is 1. The molecule has 0 saturated heterocycles. The van der Waals surface area contributed by atoms with Gasteiger partial charge in [-0.3, -0.25) is 0 Å². The molecule has 4 aromatic heterocycles. The Hall–Kier alpha value is -9.38. The number of hydrogen-bond donors (Lipinski definition) is 0. The van der Waals surface area contributed by atoms with Gasteiger partial charge in [0.2, 0.25) is 0 Å². The molecule has 0 fully saturated rings. The van der Waals surface area contributed by atoms with Gasteiger partial charge in [-0.1, -0.05) is 146 Å². The average molecular weight is 892 g/mol. The van der Waals surface area contributed by atoms with E-state index in [1.165, 1.54) is 82.2 Å². The molecule has 326 valence electrons. The third-order valence-corrected chi connectivity index (χ3v) is 14.6. The molecule has 15 rings (SSSR count). The predicted octanol–water partition coefficient (Wildman–Crippen LogP) is 18.3. The lowest BCUT2D eigenvalue weighted by molar-refractivity contribution is 0.669. The van der Waals surface area contributed by atoms with E-state index >= 15 is 0 Å². The number of benzene rings is 11. The lowest BCUT2D eigenvalue weighted by atomic mass is 10.0. The van der Waals surface area contributed by atoms with Gasteiger partial charge in [0.25, 0.3) is 0 Å². The zero-order valence-corrected chi connectivity index (χ0v) is 37.9. The third kappa shape index (κ3) is 5.84. The summed E-state index contributed by atoms with van der Waals surface area (Å²) in [6.45, 7) is 0. The molecule has 0 N–H and O–H groups in total. The highest BCUT2D eigenvalue weighted by molar-refractivity contribution is 6.23. The highest BCUT2D eigenvalue weighted by Gasteiger charge is 2.20. The van der Waals surface area contributed by atoms with E-state index in [9.17, 15) is 0 Å². The highest BCUT2D eigenvalue weighted by atomic mass is 16.3. The fourth-order valence-corrected chi connectivity index (χ4v) is 11.4. The van der Waals surface area contributed by atoms with Crippen LogP contribution >= 0.6 is 0 Å². The second-order valence-electron chi connectivity index (χ2n) is 18.5. The first-order chi connectivity index (χ1) is 34.7. The molecule has 4 heteroatoms. The van der Waals surface area contributed by atoms with Crippen LogP contribution in [0.1, 0.15) is 0 Å². The summed E-state index contributed by atoms with van der Waals surface area (Å²) in [4.78, 5) is 2.33. The first kappa shape index (κ1) is 38.7. The average Bonchev–Trinajstić information content (AvgIpc) is 4.17. The molecule has 0 amide bonds. The number of para-hydroxylation sites is 4. The Labute approximate surface area is 403 Å². The molecule has 70 heavy (non-hydrogen) atoms. The molecule has 0 saturated carbocycles. The van der Waals surface area contributed by atoms with Gasteiger partial charge in [0.15, 0.2) is 0 Å². The molecule has 4 heterocycles. The lowest BCUT2D eigenvalue weighted by Gasteiger charge is -2.26. The van der Waals surface area contributed by atoms with Crippen molar-refractivity contribution in [3.8, 4) is 39.1 Å². The maximum atomic E-state index is 6.82. The Bertz CT molecular complexity index is 4500. The number of nitrogens with zero attached hydrogens (tertiary/aromatic N) is 3. The van der Waals surface area contributed by atoms with E-state index in [2.05, 4.69) is 263 Å². The van der Waals surface area contributed by atoms with E-state index in [1.54, 1.807) is 0 Å². The van der Waals surface area contributed by atoms with Gasteiger partial charge < -0.3 is 18.3 Å². The Morgan fingerprint density at radius 1 is 0.271 bits per heavy atom. The van der Waals surface area contributed by atoms with Crippen LogP contribution in [0.2, 0.25) is 0 Å². The monoisotopic (exact) mass is 891 g/mol. The number of anilines is 3. The van der Waals surface area contributed by atoms with Crippen molar-refractivity contribution in [2.75, 3.05) is 4.90 Å². The molecule has 0 aliphatic carbocycles. The van der Waals surface area contributed by atoms with E-state index in [4.69, 9.17) is 4.42 Å². The Balaban J connectivity index is 0.813. The fraction of sp³-hybridized carbons (Fsp3) is 0. The van der Waals surface area contributed by atoms with Gasteiger partial charge in [0.05, 0.1) is 27.6 Å².